The first-order valence-corrected chi connectivity index (χ1v) is 9.72. The fourth-order valence-electron chi connectivity index (χ4n) is 3.59. The SMILES string of the molecule is Cc1ccc(C2=C(Nc3cccc(C)c3C)C(=O)N(CC(C)C)C2=O)c(C)c1. The van der Waals surface area contributed by atoms with Crippen LogP contribution in [0.4, 0.5) is 5.69 Å². The van der Waals surface area contributed by atoms with E-state index in [1.807, 2.05) is 77.9 Å². The first kappa shape index (κ1) is 19.9. The Morgan fingerprint density at radius 3 is 2.29 bits per heavy atom. The van der Waals surface area contributed by atoms with Crippen LogP contribution in [-0.2, 0) is 9.59 Å². The molecule has 0 bridgehead atoms. The molecule has 0 fully saturated rings. The standard InChI is InChI=1S/C24H28N2O2/c1-14(2)13-26-23(27)21(19-11-10-15(3)12-17(19)5)22(24(26)28)25-20-9-7-8-16(4)18(20)6/h7-12,14,25H,13H2,1-6H3. The highest BCUT2D eigenvalue weighted by Crippen LogP contribution is 2.33. The lowest BCUT2D eigenvalue weighted by Crippen LogP contribution is -2.35. The van der Waals surface area contributed by atoms with Crippen LogP contribution in [0.25, 0.3) is 5.57 Å². The smallest absolute Gasteiger partial charge is 0.278 e. The van der Waals surface area contributed by atoms with Gasteiger partial charge in [-0.15, -0.1) is 0 Å². The third-order valence-corrected chi connectivity index (χ3v) is 5.23. The number of carbonyl (C=O) groups excluding carboxylic acids is 2. The summed E-state index contributed by atoms with van der Waals surface area (Å²) in [6.07, 6.45) is 0. The van der Waals surface area contributed by atoms with E-state index in [2.05, 4.69) is 5.32 Å². The Hall–Kier alpha value is -2.88. The number of imide groups is 1. The lowest BCUT2D eigenvalue weighted by molar-refractivity contribution is -0.137. The molecule has 2 amide bonds. The van der Waals surface area contributed by atoms with Gasteiger partial charge >= 0.3 is 0 Å². The second kappa shape index (κ2) is 7.63. The zero-order valence-electron chi connectivity index (χ0n) is 17.5. The van der Waals surface area contributed by atoms with Gasteiger partial charge in [0.15, 0.2) is 0 Å². The molecule has 0 radical (unpaired) electrons. The van der Waals surface area contributed by atoms with Crippen molar-refractivity contribution in [3.8, 4) is 0 Å². The number of hydrogen-bond acceptors (Lipinski definition) is 3. The molecule has 0 saturated heterocycles. The molecule has 28 heavy (non-hydrogen) atoms. The van der Waals surface area contributed by atoms with Gasteiger partial charge in [-0.2, -0.15) is 0 Å². The summed E-state index contributed by atoms with van der Waals surface area (Å²) in [5, 5.41) is 3.29. The Bertz CT molecular complexity index is 986. The largest absolute Gasteiger partial charge is 0.350 e. The third-order valence-electron chi connectivity index (χ3n) is 5.23. The average molecular weight is 377 g/mol. The number of carbonyl (C=O) groups is 2. The van der Waals surface area contributed by atoms with Gasteiger partial charge < -0.3 is 5.32 Å². The van der Waals surface area contributed by atoms with Gasteiger partial charge in [-0.3, -0.25) is 14.5 Å². The number of rotatable bonds is 5. The molecule has 4 nitrogen and oxygen atoms in total. The quantitative estimate of drug-likeness (QED) is 0.765. The minimum Gasteiger partial charge on any atom is -0.350 e. The summed E-state index contributed by atoms with van der Waals surface area (Å²) in [5.41, 5.74) is 6.81. The monoisotopic (exact) mass is 376 g/mol. The molecule has 0 aliphatic carbocycles. The Kier molecular flexibility index (Phi) is 5.41. The normalized spacial score (nSPS) is 14.5. The molecule has 0 atom stereocenters. The molecule has 3 rings (SSSR count). The van der Waals surface area contributed by atoms with Crippen LogP contribution >= 0.6 is 0 Å². The van der Waals surface area contributed by atoms with Crippen molar-refractivity contribution in [3.05, 3.63) is 69.9 Å². The van der Waals surface area contributed by atoms with Crippen LogP contribution in [0, 0.1) is 33.6 Å². The van der Waals surface area contributed by atoms with E-state index in [-0.39, 0.29) is 17.7 Å². The van der Waals surface area contributed by atoms with Crippen molar-refractivity contribution in [2.75, 3.05) is 11.9 Å². The highest BCUT2D eigenvalue weighted by molar-refractivity contribution is 6.36. The summed E-state index contributed by atoms with van der Waals surface area (Å²) in [5.74, 6) is -0.277. The van der Waals surface area contributed by atoms with Crippen molar-refractivity contribution < 1.29 is 9.59 Å². The lowest BCUT2D eigenvalue weighted by Gasteiger charge is -2.18. The van der Waals surface area contributed by atoms with Gasteiger partial charge in [-0.25, -0.2) is 0 Å². The summed E-state index contributed by atoms with van der Waals surface area (Å²) in [6, 6.07) is 11.9. The van der Waals surface area contributed by atoms with E-state index in [0.717, 1.165) is 33.5 Å². The van der Waals surface area contributed by atoms with E-state index in [9.17, 15) is 9.59 Å². The van der Waals surface area contributed by atoms with E-state index in [4.69, 9.17) is 0 Å². The molecule has 0 spiro atoms. The number of nitrogens with one attached hydrogen (secondary N) is 1. The van der Waals surface area contributed by atoms with Gasteiger partial charge in [0.05, 0.1) is 5.57 Å². The second-order valence-electron chi connectivity index (χ2n) is 8.06. The number of anilines is 1. The van der Waals surface area contributed by atoms with Crippen LogP contribution in [0.3, 0.4) is 0 Å². The van der Waals surface area contributed by atoms with Crippen molar-refractivity contribution >= 4 is 23.1 Å². The summed E-state index contributed by atoms with van der Waals surface area (Å²) in [6.45, 7) is 12.5. The van der Waals surface area contributed by atoms with Gasteiger partial charge in [-0.05, 0) is 61.9 Å². The van der Waals surface area contributed by atoms with Gasteiger partial charge in [0, 0.05) is 12.2 Å². The molecule has 2 aromatic carbocycles. The summed E-state index contributed by atoms with van der Waals surface area (Å²) < 4.78 is 0. The van der Waals surface area contributed by atoms with Crippen LogP contribution < -0.4 is 5.32 Å². The van der Waals surface area contributed by atoms with Crippen LogP contribution in [0.2, 0.25) is 0 Å². The predicted molar refractivity (Wildman–Crippen MR) is 114 cm³/mol. The predicted octanol–water partition coefficient (Wildman–Crippen LogP) is 4.77. The molecular weight excluding hydrogens is 348 g/mol. The Labute approximate surface area is 167 Å². The molecule has 0 aromatic heterocycles. The van der Waals surface area contributed by atoms with Gasteiger partial charge in [0.2, 0.25) is 0 Å². The summed E-state index contributed by atoms with van der Waals surface area (Å²) in [4.78, 5) is 27.8. The average Bonchev–Trinajstić information content (AvgIpc) is 2.83. The maximum absolute atomic E-state index is 13.2. The number of hydrogen-bond donors (Lipinski definition) is 1. The summed E-state index contributed by atoms with van der Waals surface area (Å²) >= 11 is 0. The Morgan fingerprint density at radius 2 is 1.64 bits per heavy atom. The molecule has 4 heteroatoms. The Balaban J connectivity index is 2.15. The number of aryl methyl sites for hydroxylation is 3. The maximum atomic E-state index is 13.2. The van der Waals surface area contributed by atoms with Gasteiger partial charge in [0.1, 0.15) is 5.70 Å². The summed E-state index contributed by atoms with van der Waals surface area (Å²) in [7, 11) is 0. The first-order chi connectivity index (χ1) is 13.2. The van der Waals surface area contributed by atoms with Crippen LogP contribution in [-0.4, -0.2) is 23.3 Å². The number of amides is 2. The van der Waals surface area contributed by atoms with E-state index in [1.165, 1.54) is 4.90 Å². The van der Waals surface area contributed by atoms with Gasteiger partial charge in [-0.1, -0.05) is 49.7 Å². The molecule has 1 heterocycles. The molecule has 1 N–H and O–H groups in total. The molecule has 0 unspecified atom stereocenters. The van der Waals surface area contributed by atoms with Crippen LogP contribution in [0.1, 0.15) is 41.7 Å². The van der Waals surface area contributed by atoms with Crippen molar-refractivity contribution in [3.63, 3.8) is 0 Å². The molecule has 1 aliphatic rings. The minimum absolute atomic E-state index is 0.202. The van der Waals surface area contributed by atoms with E-state index < -0.39 is 0 Å². The van der Waals surface area contributed by atoms with Gasteiger partial charge in [0.25, 0.3) is 11.8 Å². The fraction of sp³-hybridized carbons (Fsp3) is 0.333. The third kappa shape index (κ3) is 3.59. The topological polar surface area (TPSA) is 49.4 Å². The van der Waals surface area contributed by atoms with Crippen molar-refractivity contribution in [1.29, 1.82) is 0 Å². The van der Waals surface area contributed by atoms with Crippen LogP contribution in [0.15, 0.2) is 42.1 Å². The molecule has 2 aromatic rings. The van der Waals surface area contributed by atoms with Crippen molar-refractivity contribution in [2.45, 2.75) is 41.5 Å². The van der Waals surface area contributed by atoms with Crippen LogP contribution in [0.5, 0.6) is 0 Å². The molecule has 146 valence electrons. The highest BCUT2D eigenvalue weighted by Gasteiger charge is 2.39. The molecule has 1 aliphatic heterocycles. The van der Waals surface area contributed by atoms with E-state index in [1.54, 1.807) is 0 Å². The zero-order valence-corrected chi connectivity index (χ0v) is 17.5. The maximum Gasteiger partial charge on any atom is 0.278 e. The Morgan fingerprint density at radius 1 is 0.929 bits per heavy atom. The fourth-order valence-corrected chi connectivity index (χ4v) is 3.59. The van der Waals surface area contributed by atoms with E-state index in [0.29, 0.717) is 17.8 Å². The van der Waals surface area contributed by atoms with Crippen molar-refractivity contribution in [2.24, 2.45) is 5.92 Å². The number of benzene rings is 2. The highest BCUT2D eigenvalue weighted by atomic mass is 16.2. The van der Waals surface area contributed by atoms with E-state index >= 15 is 0 Å². The molecule has 0 saturated carbocycles. The lowest BCUT2D eigenvalue weighted by atomic mass is 9.97. The molecular formula is C24H28N2O2. The zero-order chi connectivity index (χ0) is 20.6. The van der Waals surface area contributed by atoms with Crippen molar-refractivity contribution in [1.82, 2.24) is 4.90 Å². The number of nitrogens with zero attached hydrogens (tertiary/aromatic N) is 1. The first-order valence-electron chi connectivity index (χ1n) is 9.72. The minimum atomic E-state index is -0.255. The second-order valence-corrected chi connectivity index (χ2v) is 8.06.